The Bertz CT molecular complexity index is 963. The molecule has 1 fully saturated rings. The van der Waals surface area contributed by atoms with Gasteiger partial charge in [-0.15, -0.1) is 0 Å². The molecule has 1 aromatic rings. The van der Waals surface area contributed by atoms with E-state index in [0.717, 1.165) is 29.8 Å². The maximum Gasteiger partial charge on any atom is 0.252 e. The van der Waals surface area contributed by atoms with Crippen molar-refractivity contribution in [3.63, 3.8) is 0 Å². The number of hydrogen-bond donors (Lipinski definition) is 2. The van der Waals surface area contributed by atoms with Gasteiger partial charge < -0.3 is 24.8 Å². The summed E-state index contributed by atoms with van der Waals surface area (Å²) in [5.41, 5.74) is 3.58. The maximum atomic E-state index is 13.6. The molecule has 2 N–H and O–H groups in total. The first-order valence-corrected chi connectivity index (χ1v) is 10.9. The zero-order valence-electron chi connectivity index (χ0n) is 17.1. The van der Waals surface area contributed by atoms with Crippen molar-refractivity contribution in [3.8, 4) is 11.5 Å². The molecule has 3 aliphatic rings. The summed E-state index contributed by atoms with van der Waals surface area (Å²) >= 11 is 3.38. The molecule has 160 valence electrons. The topological polar surface area (TPSA) is 88.1 Å². The first-order chi connectivity index (χ1) is 14.4. The van der Waals surface area contributed by atoms with Crippen LogP contribution in [0, 0.1) is 0 Å². The zero-order chi connectivity index (χ0) is 21.4. The maximum absolute atomic E-state index is 13.6. The van der Waals surface area contributed by atoms with Crippen LogP contribution in [0.3, 0.4) is 0 Å². The lowest BCUT2D eigenvalue weighted by Gasteiger charge is -2.37. The van der Waals surface area contributed by atoms with E-state index in [1.54, 1.807) is 17.0 Å². The Hall–Kier alpha value is -2.32. The second kappa shape index (κ2) is 8.43. The molecule has 1 atom stereocenters. The van der Waals surface area contributed by atoms with Crippen LogP contribution in [0.25, 0.3) is 0 Å². The number of hydrogen-bond acceptors (Lipinski definition) is 6. The highest BCUT2D eigenvalue weighted by Crippen LogP contribution is 2.46. The molecule has 0 spiro atoms. The molecule has 0 saturated carbocycles. The Morgan fingerprint density at radius 1 is 1.30 bits per heavy atom. The smallest absolute Gasteiger partial charge is 0.252 e. The summed E-state index contributed by atoms with van der Waals surface area (Å²) in [6.45, 7) is 3.93. The van der Waals surface area contributed by atoms with Gasteiger partial charge in [-0.2, -0.15) is 0 Å². The lowest BCUT2D eigenvalue weighted by molar-refractivity contribution is -0.131. The highest BCUT2D eigenvalue weighted by Gasteiger charge is 2.40. The van der Waals surface area contributed by atoms with E-state index < -0.39 is 5.92 Å². The van der Waals surface area contributed by atoms with E-state index in [9.17, 15) is 14.7 Å². The Morgan fingerprint density at radius 3 is 2.73 bits per heavy atom. The minimum absolute atomic E-state index is 0.0129. The molecular weight excluding hydrogens is 452 g/mol. The number of morpholine rings is 1. The number of halogens is 1. The number of allylic oxidation sites excluding steroid dienone is 3. The number of phenols is 1. The monoisotopic (exact) mass is 476 g/mol. The highest BCUT2D eigenvalue weighted by molar-refractivity contribution is 9.10. The summed E-state index contributed by atoms with van der Waals surface area (Å²) in [6.07, 6.45) is 2.02. The number of aromatic hydroxyl groups is 1. The van der Waals surface area contributed by atoms with E-state index in [1.165, 1.54) is 7.11 Å². The zero-order valence-corrected chi connectivity index (χ0v) is 18.7. The van der Waals surface area contributed by atoms with Crippen molar-refractivity contribution in [1.82, 2.24) is 10.2 Å². The molecule has 30 heavy (non-hydrogen) atoms. The number of nitrogens with one attached hydrogen (secondary N) is 1. The third-order valence-corrected chi connectivity index (χ3v) is 6.51. The van der Waals surface area contributed by atoms with Crippen molar-refractivity contribution in [2.75, 3.05) is 33.4 Å². The normalized spacial score (nSPS) is 22.0. The van der Waals surface area contributed by atoms with Crippen molar-refractivity contribution in [2.24, 2.45) is 0 Å². The van der Waals surface area contributed by atoms with E-state index in [4.69, 9.17) is 9.47 Å². The lowest BCUT2D eigenvalue weighted by Crippen LogP contribution is -2.44. The number of amides is 1. The van der Waals surface area contributed by atoms with Crippen LogP contribution in [0.2, 0.25) is 0 Å². The predicted molar refractivity (Wildman–Crippen MR) is 114 cm³/mol. The SMILES string of the molecule is COc1cc(C2C(C(=O)N3CCOCC3)=C(C)NC3=C2C(=O)CCC3)cc(Br)c1O. The van der Waals surface area contributed by atoms with Gasteiger partial charge in [0.05, 0.1) is 24.8 Å². The van der Waals surface area contributed by atoms with Crippen LogP contribution in [0.1, 0.15) is 37.7 Å². The van der Waals surface area contributed by atoms with E-state index in [1.807, 2.05) is 6.92 Å². The van der Waals surface area contributed by atoms with Crippen LogP contribution in [-0.4, -0.2) is 55.1 Å². The van der Waals surface area contributed by atoms with Gasteiger partial charge in [-0.3, -0.25) is 9.59 Å². The van der Waals surface area contributed by atoms with Gasteiger partial charge >= 0.3 is 0 Å². The average Bonchev–Trinajstić information content (AvgIpc) is 2.75. The van der Waals surface area contributed by atoms with Gasteiger partial charge in [0.25, 0.3) is 5.91 Å². The molecule has 2 aliphatic heterocycles. The molecule has 7 nitrogen and oxygen atoms in total. The second-order valence-corrected chi connectivity index (χ2v) is 8.58. The number of methoxy groups -OCH3 is 1. The summed E-state index contributed by atoms with van der Waals surface area (Å²) in [4.78, 5) is 28.4. The molecule has 2 heterocycles. The Kier molecular flexibility index (Phi) is 5.88. The van der Waals surface area contributed by atoms with Crippen LogP contribution >= 0.6 is 15.9 Å². The largest absolute Gasteiger partial charge is 0.503 e. The van der Waals surface area contributed by atoms with Crippen LogP contribution in [0.4, 0.5) is 0 Å². The highest BCUT2D eigenvalue weighted by atomic mass is 79.9. The van der Waals surface area contributed by atoms with Crippen LogP contribution in [0.15, 0.2) is 39.1 Å². The van der Waals surface area contributed by atoms with Crippen LogP contribution in [-0.2, 0) is 14.3 Å². The van der Waals surface area contributed by atoms with Gasteiger partial charge in [0.1, 0.15) is 0 Å². The number of phenolic OH excluding ortho intramolecular Hbond substituents is 1. The number of ketones is 1. The number of carbonyl (C=O) groups excluding carboxylic acids is 2. The van der Waals surface area contributed by atoms with E-state index >= 15 is 0 Å². The van der Waals surface area contributed by atoms with Crippen molar-refractivity contribution >= 4 is 27.6 Å². The second-order valence-electron chi connectivity index (χ2n) is 7.72. The molecule has 1 aromatic carbocycles. The van der Waals surface area contributed by atoms with Gasteiger partial charge in [0.2, 0.25) is 0 Å². The standard InChI is InChI=1S/C22H25BrN2O5/c1-12-18(22(28)25-6-8-30-9-7-25)19(20-15(24-12)4-3-5-16(20)26)13-10-14(23)21(27)17(11-13)29-2/h10-11,19,24,27H,3-9H2,1-2H3. The quantitative estimate of drug-likeness (QED) is 0.696. The minimum Gasteiger partial charge on any atom is -0.503 e. The number of dihydropyridines is 1. The molecule has 4 rings (SSSR count). The number of carbonyl (C=O) groups is 2. The van der Waals surface area contributed by atoms with Crippen molar-refractivity contribution < 1.29 is 24.2 Å². The fourth-order valence-corrected chi connectivity index (χ4v) is 4.91. The summed E-state index contributed by atoms with van der Waals surface area (Å²) < 4.78 is 11.2. The number of ether oxygens (including phenoxy) is 2. The van der Waals surface area contributed by atoms with Gasteiger partial charge in [-0.05, 0) is 53.4 Å². The van der Waals surface area contributed by atoms with Crippen LogP contribution in [0.5, 0.6) is 11.5 Å². The molecule has 8 heteroatoms. The van der Waals surface area contributed by atoms with Gasteiger partial charge in [0.15, 0.2) is 17.3 Å². The molecule has 0 radical (unpaired) electrons. The van der Waals surface area contributed by atoms with E-state index in [-0.39, 0.29) is 17.4 Å². The summed E-state index contributed by atoms with van der Waals surface area (Å²) in [7, 11) is 1.48. The fraction of sp³-hybridized carbons (Fsp3) is 0.455. The van der Waals surface area contributed by atoms with Crippen molar-refractivity contribution in [1.29, 1.82) is 0 Å². The number of Topliss-reactive ketones (excluding diaryl/α,β-unsaturated/α-hetero) is 1. The number of nitrogens with zero attached hydrogens (tertiary/aromatic N) is 1. The number of benzene rings is 1. The molecule has 1 unspecified atom stereocenters. The number of rotatable bonds is 3. The van der Waals surface area contributed by atoms with E-state index in [0.29, 0.717) is 54.1 Å². The van der Waals surface area contributed by atoms with Gasteiger partial charge in [-0.1, -0.05) is 0 Å². The third-order valence-electron chi connectivity index (χ3n) is 5.91. The minimum atomic E-state index is -0.518. The molecular formula is C22H25BrN2O5. The average molecular weight is 477 g/mol. The predicted octanol–water partition coefficient (Wildman–Crippen LogP) is 2.99. The first kappa shape index (κ1) is 20.9. The summed E-state index contributed by atoms with van der Waals surface area (Å²) in [5.74, 6) is -0.284. The molecule has 0 bridgehead atoms. The summed E-state index contributed by atoms with van der Waals surface area (Å²) in [5, 5.41) is 13.6. The first-order valence-electron chi connectivity index (χ1n) is 10.1. The van der Waals surface area contributed by atoms with Crippen molar-refractivity contribution in [2.45, 2.75) is 32.1 Å². The fourth-order valence-electron chi connectivity index (χ4n) is 4.45. The van der Waals surface area contributed by atoms with E-state index in [2.05, 4.69) is 21.2 Å². The van der Waals surface area contributed by atoms with Crippen molar-refractivity contribution in [3.05, 3.63) is 44.7 Å². The lowest BCUT2D eigenvalue weighted by atomic mass is 9.74. The molecule has 0 aromatic heterocycles. The van der Waals surface area contributed by atoms with Gasteiger partial charge in [-0.25, -0.2) is 0 Å². The molecule has 1 aliphatic carbocycles. The molecule has 1 saturated heterocycles. The molecule has 1 amide bonds. The van der Waals surface area contributed by atoms with Crippen LogP contribution < -0.4 is 10.1 Å². The summed E-state index contributed by atoms with van der Waals surface area (Å²) in [6, 6.07) is 3.47. The Balaban J connectivity index is 1.87. The Morgan fingerprint density at radius 2 is 2.03 bits per heavy atom. The van der Waals surface area contributed by atoms with Gasteiger partial charge in [0, 0.05) is 48.0 Å². The Labute approximate surface area is 183 Å². The third kappa shape index (κ3) is 3.63.